The molecule has 0 aromatic heterocycles. The summed E-state index contributed by atoms with van der Waals surface area (Å²) in [6, 6.07) is -0.889. The minimum atomic E-state index is -1.04. The van der Waals surface area contributed by atoms with Crippen LogP contribution in [0, 0.1) is 5.92 Å². The van der Waals surface area contributed by atoms with Gasteiger partial charge in [-0.3, -0.25) is 9.59 Å². The van der Waals surface area contributed by atoms with Gasteiger partial charge in [-0.05, 0) is 12.3 Å². The predicted octanol–water partition coefficient (Wildman–Crippen LogP) is 0.364. The first-order valence-corrected chi connectivity index (χ1v) is 6.27. The Morgan fingerprint density at radius 2 is 1.80 bits per heavy atom. The molecular weight excluding hydrogens is 268 g/mol. The van der Waals surface area contributed by atoms with E-state index in [0.29, 0.717) is 11.5 Å². The van der Waals surface area contributed by atoms with Gasteiger partial charge in [0.2, 0.25) is 0 Å². The van der Waals surface area contributed by atoms with Crippen LogP contribution in [0.1, 0.15) is 33.1 Å². The summed E-state index contributed by atoms with van der Waals surface area (Å²) in [5, 5.41) is 2.70. The van der Waals surface area contributed by atoms with E-state index in [4.69, 9.17) is 0 Å². The van der Waals surface area contributed by atoms with Gasteiger partial charge in [0.05, 0.1) is 7.11 Å². The average Bonchev–Trinajstić information content (AvgIpc) is 2.68. The lowest BCUT2D eigenvalue weighted by molar-refractivity contribution is -0.171. The van der Waals surface area contributed by atoms with E-state index in [2.05, 4.69) is 14.9 Å². The number of nitrogens with zero attached hydrogens (tertiary/aromatic N) is 1. The van der Waals surface area contributed by atoms with Crippen LogP contribution >= 0.6 is 0 Å². The fourth-order valence-electron chi connectivity index (χ4n) is 1.74. The lowest BCUT2D eigenvalue weighted by Gasteiger charge is -2.19. The Balaban J connectivity index is 2.59. The Hall–Kier alpha value is -2.12. The summed E-state index contributed by atoms with van der Waals surface area (Å²) in [5.74, 6) is -1.64. The van der Waals surface area contributed by atoms with Gasteiger partial charge in [0.1, 0.15) is 6.04 Å². The van der Waals surface area contributed by atoms with Crippen LogP contribution in [-0.2, 0) is 24.0 Å². The zero-order chi connectivity index (χ0) is 15.3. The third-order valence-corrected chi connectivity index (χ3v) is 2.66. The lowest BCUT2D eigenvalue weighted by atomic mass is 10.0. The van der Waals surface area contributed by atoms with Crippen molar-refractivity contribution in [2.24, 2.45) is 5.92 Å². The Kier molecular flexibility index (Phi) is 5.48. The lowest BCUT2D eigenvalue weighted by Crippen LogP contribution is -2.45. The molecular formula is C12H18N2O6. The highest BCUT2D eigenvalue weighted by Crippen LogP contribution is 2.12. The van der Waals surface area contributed by atoms with E-state index in [1.807, 2.05) is 13.8 Å². The van der Waals surface area contributed by atoms with Crippen molar-refractivity contribution < 1.29 is 28.8 Å². The molecule has 1 heterocycles. The van der Waals surface area contributed by atoms with Gasteiger partial charge in [-0.15, -0.1) is 5.06 Å². The Bertz CT molecular complexity index is 404. The fourth-order valence-corrected chi connectivity index (χ4v) is 1.74. The van der Waals surface area contributed by atoms with E-state index in [1.54, 1.807) is 0 Å². The second-order valence-corrected chi connectivity index (χ2v) is 4.81. The number of amides is 3. The summed E-state index contributed by atoms with van der Waals surface area (Å²) in [4.78, 5) is 50.3. The molecule has 1 aliphatic heterocycles. The minimum absolute atomic E-state index is 0.0124. The largest absolute Gasteiger partial charge is 0.467 e. The molecule has 8 nitrogen and oxygen atoms in total. The highest BCUT2D eigenvalue weighted by Gasteiger charge is 2.34. The summed E-state index contributed by atoms with van der Waals surface area (Å²) in [5.41, 5.74) is 0. The zero-order valence-corrected chi connectivity index (χ0v) is 11.7. The van der Waals surface area contributed by atoms with Crippen LogP contribution in [0.3, 0.4) is 0 Å². The molecule has 0 aromatic carbocycles. The SMILES string of the molecule is COC(=O)C(CC(C)C)NC(=O)ON1C(=O)CCC1=O. The molecule has 112 valence electrons. The first kappa shape index (κ1) is 15.9. The van der Waals surface area contributed by atoms with Crippen LogP contribution in [0.4, 0.5) is 4.79 Å². The van der Waals surface area contributed by atoms with Crippen molar-refractivity contribution in [2.45, 2.75) is 39.2 Å². The number of ether oxygens (including phenoxy) is 1. The van der Waals surface area contributed by atoms with Crippen molar-refractivity contribution in [1.82, 2.24) is 10.4 Å². The van der Waals surface area contributed by atoms with Gasteiger partial charge in [-0.2, -0.15) is 0 Å². The van der Waals surface area contributed by atoms with Gasteiger partial charge in [0, 0.05) is 12.8 Å². The van der Waals surface area contributed by atoms with Crippen molar-refractivity contribution in [1.29, 1.82) is 0 Å². The number of nitrogens with one attached hydrogen (secondary N) is 1. The molecule has 1 fully saturated rings. The summed E-state index contributed by atoms with van der Waals surface area (Å²) in [6.07, 6.45) is -0.662. The number of imide groups is 1. The molecule has 20 heavy (non-hydrogen) atoms. The van der Waals surface area contributed by atoms with Crippen molar-refractivity contribution in [2.75, 3.05) is 7.11 Å². The third-order valence-electron chi connectivity index (χ3n) is 2.66. The van der Waals surface area contributed by atoms with E-state index < -0.39 is 29.9 Å². The topological polar surface area (TPSA) is 102 Å². The molecule has 8 heteroatoms. The molecule has 0 aliphatic carbocycles. The van der Waals surface area contributed by atoms with Gasteiger partial charge in [0.25, 0.3) is 11.8 Å². The highest BCUT2D eigenvalue weighted by molar-refractivity contribution is 6.01. The van der Waals surface area contributed by atoms with Crippen LogP contribution in [-0.4, -0.2) is 42.1 Å². The van der Waals surface area contributed by atoms with Crippen LogP contribution in [0.5, 0.6) is 0 Å². The molecule has 0 saturated carbocycles. The maximum atomic E-state index is 11.6. The maximum absolute atomic E-state index is 11.6. The summed E-state index contributed by atoms with van der Waals surface area (Å²) < 4.78 is 4.57. The fraction of sp³-hybridized carbons (Fsp3) is 0.667. The molecule has 0 aromatic rings. The number of rotatable bonds is 5. The highest BCUT2D eigenvalue weighted by atomic mass is 16.7. The molecule has 3 amide bonds. The van der Waals surface area contributed by atoms with E-state index in [0.717, 1.165) is 0 Å². The molecule has 0 spiro atoms. The summed E-state index contributed by atoms with van der Waals surface area (Å²) in [7, 11) is 1.20. The number of carbonyl (C=O) groups excluding carboxylic acids is 4. The van der Waals surface area contributed by atoms with Gasteiger partial charge < -0.3 is 14.9 Å². The number of hydrogen-bond donors (Lipinski definition) is 1. The average molecular weight is 286 g/mol. The molecule has 1 rings (SSSR count). The van der Waals surface area contributed by atoms with Gasteiger partial charge in [-0.25, -0.2) is 9.59 Å². The first-order chi connectivity index (χ1) is 9.35. The Morgan fingerprint density at radius 3 is 2.25 bits per heavy atom. The number of carbonyl (C=O) groups is 4. The van der Waals surface area contributed by atoms with Gasteiger partial charge >= 0.3 is 12.1 Å². The standard InChI is InChI=1S/C12H18N2O6/c1-7(2)6-8(11(17)19-3)13-12(18)20-14-9(15)4-5-10(14)16/h7-8H,4-6H2,1-3H3,(H,13,18). The predicted molar refractivity (Wildman–Crippen MR) is 66.0 cm³/mol. The number of hydrogen-bond acceptors (Lipinski definition) is 6. The smallest absolute Gasteiger partial charge is 0.432 e. The molecule has 0 bridgehead atoms. The molecule has 1 unspecified atom stereocenters. The summed E-state index contributed by atoms with van der Waals surface area (Å²) in [6.45, 7) is 3.74. The normalized spacial score (nSPS) is 16.3. The van der Waals surface area contributed by atoms with E-state index >= 15 is 0 Å². The van der Waals surface area contributed by atoms with E-state index in [9.17, 15) is 19.2 Å². The van der Waals surface area contributed by atoms with Gasteiger partial charge in [0.15, 0.2) is 0 Å². The Labute approximate surface area is 116 Å². The van der Waals surface area contributed by atoms with E-state index in [1.165, 1.54) is 7.11 Å². The Morgan fingerprint density at radius 1 is 1.25 bits per heavy atom. The monoisotopic (exact) mass is 286 g/mol. The van der Waals surface area contributed by atoms with Crippen LogP contribution in [0.25, 0.3) is 0 Å². The van der Waals surface area contributed by atoms with Crippen LogP contribution in [0.15, 0.2) is 0 Å². The molecule has 1 saturated heterocycles. The first-order valence-electron chi connectivity index (χ1n) is 6.27. The number of esters is 1. The van der Waals surface area contributed by atoms with Crippen molar-refractivity contribution in [3.8, 4) is 0 Å². The van der Waals surface area contributed by atoms with Crippen LogP contribution in [0.2, 0.25) is 0 Å². The summed E-state index contributed by atoms with van der Waals surface area (Å²) >= 11 is 0. The minimum Gasteiger partial charge on any atom is -0.467 e. The maximum Gasteiger partial charge on any atom is 0.432 e. The molecule has 1 atom stereocenters. The second kappa shape index (κ2) is 6.88. The quantitative estimate of drug-likeness (QED) is 0.578. The molecule has 1 aliphatic rings. The number of methoxy groups -OCH3 is 1. The van der Waals surface area contributed by atoms with Crippen molar-refractivity contribution >= 4 is 23.9 Å². The van der Waals surface area contributed by atoms with Gasteiger partial charge in [-0.1, -0.05) is 13.8 Å². The molecule has 1 N–H and O–H groups in total. The van der Waals surface area contributed by atoms with Crippen molar-refractivity contribution in [3.63, 3.8) is 0 Å². The molecule has 0 radical (unpaired) electrons. The number of hydroxylamine groups is 2. The third kappa shape index (κ3) is 4.22. The van der Waals surface area contributed by atoms with E-state index in [-0.39, 0.29) is 18.8 Å². The zero-order valence-electron chi connectivity index (χ0n) is 11.7. The van der Waals surface area contributed by atoms with Crippen LogP contribution < -0.4 is 5.32 Å². The second-order valence-electron chi connectivity index (χ2n) is 4.81. The van der Waals surface area contributed by atoms with Crippen molar-refractivity contribution in [3.05, 3.63) is 0 Å².